The van der Waals surface area contributed by atoms with Crippen molar-refractivity contribution in [3.8, 4) is 0 Å². The Hall–Kier alpha value is -1.46. The Morgan fingerprint density at radius 2 is 2.00 bits per heavy atom. The summed E-state index contributed by atoms with van der Waals surface area (Å²) < 4.78 is 0. The van der Waals surface area contributed by atoms with Crippen LogP contribution in [-0.2, 0) is 9.59 Å². The van der Waals surface area contributed by atoms with Gasteiger partial charge in [0, 0.05) is 16.9 Å². The van der Waals surface area contributed by atoms with Gasteiger partial charge in [0.25, 0.3) is 0 Å². The van der Waals surface area contributed by atoms with E-state index in [1.165, 1.54) is 11.8 Å². The quantitative estimate of drug-likeness (QED) is 0.735. The average molecular weight is 355 g/mol. The number of hydrogen-bond donors (Lipinski definition) is 2. The van der Waals surface area contributed by atoms with E-state index in [2.05, 4.69) is 17.2 Å². The van der Waals surface area contributed by atoms with Gasteiger partial charge < -0.3 is 10.6 Å². The van der Waals surface area contributed by atoms with E-state index in [1.807, 2.05) is 27.7 Å². The highest BCUT2D eigenvalue weighted by Gasteiger charge is 2.22. The minimum atomic E-state index is -0.506. The van der Waals surface area contributed by atoms with Crippen molar-refractivity contribution in [1.82, 2.24) is 0 Å². The maximum Gasteiger partial charge on any atom is 0.237 e. The summed E-state index contributed by atoms with van der Waals surface area (Å²) in [4.78, 5) is 24.0. The lowest BCUT2D eigenvalue weighted by atomic mass is 9.95. The zero-order valence-electron chi connectivity index (χ0n) is 13.9. The predicted molar refractivity (Wildman–Crippen MR) is 100 cm³/mol. The van der Waals surface area contributed by atoms with Crippen LogP contribution in [0, 0.1) is 5.41 Å². The first-order chi connectivity index (χ1) is 10.6. The second-order valence-corrected chi connectivity index (χ2v) is 7.93. The second kappa shape index (κ2) is 8.41. The molecule has 2 amide bonds. The monoisotopic (exact) mass is 354 g/mol. The number of amides is 2. The van der Waals surface area contributed by atoms with E-state index in [-0.39, 0.29) is 17.1 Å². The van der Waals surface area contributed by atoms with Crippen LogP contribution in [0.5, 0.6) is 0 Å². The van der Waals surface area contributed by atoms with E-state index in [1.54, 1.807) is 24.3 Å². The number of anilines is 2. The first-order valence-corrected chi connectivity index (χ1v) is 8.72. The minimum Gasteiger partial charge on any atom is -0.325 e. The first-order valence-electron chi connectivity index (χ1n) is 7.29. The fourth-order valence-electron chi connectivity index (χ4n) is 1.54. The van der Waals surface area contributed by atoms with E-state index in [0.29, 0.717) is 22.2 Å². The lowest BCUT2D eigenvalue weighted by molar-refractivity contribution is -0.123. The Labute approximate surface area is 147 Å². The standard InChI is InChI=1S/C17H23ClN2O2S/c1-6-9-23-11(2)15(21)19-12-7-8-14(13(18)10-12)20-16(22)17(3,4)5/h6-8,10-11H,1,9H2,2-5H3,(H,19,21)(H,20,22). The topological polar surface area (TPSA) is 58.2 Å². The van der Waals surface area contributed by atoms with Crippen LogP contribution in [0.2, 0.25) is 5.02 Å². The van der Waals surface area contributed by atoms with Crippen LogP contribution in [0.4, 0.5) is 11.4 Å². The number of hydrogen-bond acceptors (Lipinski definition) is 3. The molecule has 0 aliphatic carbocycles. The largest absolute Gasteiger partial charge is 0.325 e. The fraction of sp³-hybridized carbons (Fsp3) is 0.412. The van der Waals surface area contributed by atoms with Gasteiger partial charge in [-0.1, -0.05) is 38.4 Å². The summed E-state index contributed by atoms with van der Waals surface area (Å²) >= 11 is 7.69. The average Bonchev–Trinajstić information content (AvgIpc) is 2.46. The summed E-state index contributed by atoms with van der Waals surface area (Å²) in [6.07, 6.45) is 1.76. The van der Waals surface area contributed by atoms with Crippen molar-refractivity contribution >= 4 is 46.6 Å². The number of thioether (sulfide) groups is 1. The van der Waals surface area contributed by atoms with Crippen molar-refractivity contribution in [2.24, 2.45) is 5.41 Å². The van der Waals surface area contributed by atoms with Crippen LogP contribution >= 0.6 is 23.4 Å². The molecular formula is C17H23ClN2O2S. The third kappa shape index (κ3) is 6.28. The van der Waals surface area contributed by atoms with Crippen molar-refractivity contribution in [3.05, 3.63) is 35.9 Å². The summed E-state index contributed by atoms with van der Waals surface area (Å²) in [6, 6.07) is 5.03. The molecule has 0 aliphatic rings. The molecule has 126 valence electrons. The summed E-state index contributed by atoms with van der Waals surface area (Å²) in [7, 11) is 0. The van der Waals surface area contributed by atoms with E-state index in [4.69, 9.17) is 11.6 Å². The summed E-state index contributed by atoms with van der Waals surface area (Å²) in [6.45, 7) is 10.9. The summed E-state index contributed by atoms with van der Waals surface area (Å²) in [5.74, 6) is 0.498. The molecule has 0 heterocycles. The zero-order chi connectivity index (χ0) is 17.6. The number of nitrogens with one attached hydrogen (secondary N) is 2. The molecule has 2 N–H and O–H groups in total. The molecule has 1 rings (SSSR count). The number of benzene rings is 1. The van der Waals surface area contributed by atoms with Gasteiger partial charge in [0.05, 0.1) is 16.0 Å². The van der Waals surface area contributed by atoms with E-state index in [0.717, 1.165) is 0 Å². The Morgan fingerprint density at radius 1 is 1.35 bits per heavy atom. The van der Waals surface area contributed by atoms with Crippen LogP contribution in [0.25, 0.3) is 0 Å². The molecular weight excluding hydrogens is 332 g/mol. The van der Waals surface area contributed by atoms with Crippen molar-refractivity contribution in [2.75, 3.05) is 16.4 Å². The second-order valence-electron chi connectivity index (χ2n) is 6.15. The molecule has 0 radical (unpaired) electrons. The number of rotatable bonds is 6. The highest BCUT2D eigenvalue weighted by Crippen LogP contribution is 2.28. The number of carbonyl (C=O) groups excluding carboxylic acids is 2. The van der Waals surface area contributed by atoms with E-state index in [9.17, 15) is 9.59 Å². The van der Waals surface area contributed by atoms with Gasteiger partial charge in [0.15, 0.2) is 0 Å². The third-order valence-corrected chi connectivity index (χ3v) is 4.45. The molecule has 1 atom stereocenters. The summed E-state index contributed by atoms with van der Waals surface area (Å²) in [5.41, 5.74) is 0.618. The Bertz CT molecular complexity index is 597. The van der Waals surface area contributed by atoms with Crippen molar-refractivity contribution in [2.45, 2.75) is 32.9 Å². The lowest BCUT2D eigenvalue weighted by Crippen LogP contribution is -2.27. The molecule has 0 spiro atoms. The van der Waals surface area contributed by atoms with Gasteiger partial charge in [-0.15, -0.1) is 18.3 Å². The van der Waals surface area contributed by atoms with Gasteiger partial charge in [-0.25, -0.2) is 0 Å². The number of carbonyl (C=O) groups is 2. The zero-order valence-corrected chi connectivity index (χ0v) is 15.5. The molecule has 23 heavy (non-hydrogen) atoms. The summed E-state index contributed by atoms with van der Waals surface area (Å²) in [5, 5.41) is 5.79. The number of halogens is 1. The molecule has 0 aliphatic heterocycles. The maximum atomic E-state index is 12.0. The molecule has 1 unspecified atom stereocenters. The molecule has 4 nitrogen and oxygen atoms in total. The van der Waals surface area contributed by atoms with Gasteiger partial charge in [0.2, 0.25) is 11.8 Å². The molecule has 0 saturated carbocycles. The van der Waals surface area contributed by atoms with Crippen molar-refractivity contribution in [1.29, 1.82) is 0 Å². The van der Waals surface area contributed by atoms with Gasteiger partial charge >= 0.3 is 0 Å². The molecule has 0 fully saturated rings. The fourth-order valence-corrected chi connectivity index (χ4v) is 2.40. The van der Waals surface area contributed by atoms with Crippen LogP contribution < -0.4 is 10.6 Å². The Kier molecular flexibility index (Phi) is 7.16. The third-order valence-electron chi connectivity index (χ3n) is 3.00. The molecule has 0 aromatic heterocycles. The smallest absolute Gasteiger partial charge is 0.237 e. The van der Waals surface area contributed by atoms with E-state index >= 15 is 0 Å². The molecule has 0 bridgehead atoms. The Morgan fingerprint density at radius 3 is 2.52 bits per heavy atom. The minimum absolute atomic E-state index is 0.0978. The first kappa shape index (κ1) is 19.6. The van der Waals surface area contributed by atoms with Gasteiger partial charge in [-0.2, -0.15) is 0 Å². The molecule has 1 aromatic carbocycles. The van der Waals surface area contributed by atoms with Crippen molar-refractivity contribution in [3.63, 3.8) is 0 Å². The normalized spacial score (nSPS) is 12.4. The van der Waals surface area contributed by atoms with Crippen LogP contribution in [0.1, 0.15) is 27.7 Å². The predicted octanol–water partition coefficient (Wildman–Crippen LogP) is 4.57. The molecule has 1 aromatic rings. The highest BCUT2D eigenvalue weighted by molar-refractivity contribution is 8.00. The van der Waals surface area contributed by atoms with Gasteiger partial charge in [0.1, 0.15) is 0 Å². The van der Waals surface area contributed by atoms with Crippen LogP contribution in [-0.4, -0.2) is 22.8 Å². The van der Waals surface area contributed by atoms with Crippen molar-refractivity contribution < 1.29 is 9.59 Å². The highest BCUT2D eigenvalue weighted by atomic mass is 35.5. The molecule has 0 saturated heterocycles. The van der Waals surface area contributed by atoms with Gasteiger partial charge in [-0.3, -0.25) is 9.59 Å². The van der Waals surface area contributed by atoms with Crippen LogP contribution in [0.3, 0.4) is 0 Å². The molecule has 6 heteroatoms. The SMILES string of the molecule is C=CCSC(C)C(=O)Nc1ccc(NC(=O)C(C)(C)C)c(Cl)c1. The maximum absolute atomic E-state index is 12.0. The van der Waals surface area contributed by atoms with Crippen LogP contribution in [0.15, 0.2) is 30.9 Å². The lowest BCUT2D eigenvalue weighted by Gasteiger charge is -2.18. The Balaban J connectivity index is 2.74. The van der Waals surface area contributed by atoms with Gasteiger partial charge in [-0.05, 0) is 25.1 Å². The van der Waals surface area contributed by atoms with E-state index < -0.39 is 5.41 Å².